The van der Waals surface area contributed by atoms with Crippen LogP contribution in [-0.2, 0) is 19.8 Å². The Bertz CT molecular complexity index is 1210. The quantitative estimate of drug-likeness (QED) is 0.332. The monoisotopic (exact) mass is 549 g/mol. The van der Waals surface area contributed by atoms with Gasteiger partial charge in [0.25, 0.3) is 0 Å². The van der Waals surface area contributed by atoms with E-state index in [9.17, 15) is 19.5 Å². The molecule has 0 aliphatic rings. The first-order valence-corrected chi connectivity index (χ1v) is 13.8. The first kappa shape index (κ1) is 32.8. The Balaban J connectivity index is 2.39. The van der Waals surface area contributed by atoms with Crippen molar-refractivity contribution in [2.24, 2.45) is 11.3 Å². The lowest BCUT2D eigenvalue weighted by atomic mass is 9.76. The lowest BCUT2D eigenvalue weighted by molar-refractivity contribution is -0.141. The predicted molar refractivity (Wildman–Crippen MR) is 162 cm³/mol. The number of likely N-dealkylation sites (N-methyl/N-ethyl adjacent to an activating group) is 2. The van der Waals surface area contributed by atoms with Gasteiger partial charge >= 0.3 is 5.97 Å². The fourth-order valence-electron chi connectivity index (χ4n) is 5.02. The van der Waals surface area contributed by atoms with Gasteiger partial charge < -0.3 is 20.6 Å². The fraction of sp³-hybridized carbons (Fsp3) is 0.485. The molecule has 0 heterocycles. The molecule has 0 aliphatic carbocycles. The average Bonchev–Trinajstić information content (AvgIpc) is 2.89. The van der Waals surface area contributed by atoms with Crippen LogP contribution in [0.5, 0.6) is 0 Å². The molecule has 0 fully saturated rings. The zero-order chi connectivity index (χ0) is 30.4. The smallest absolute Gasteiger partial charge is 0.331 e. The van der Waals surface area contributed by atoms with Crippen molar-refractivity contribution in [2.75, 3.05) is 14.1 Å². The van der Waals surface area contributed by atoms with E-state index in [1.807, 2.05) is 78.8 Å². The average molecular weight is 550 g/mol. The van der Waals surface area contributed by atoms with E-state index in [0.29, 0.717) is 0 Å². The Morgan fingerprint density at radius 2 is 1.48 bits per heavy atom. The van der Waals surface area contributed by atoms with Crippen LogP contribution < -0.4 is 10.6 Å². The molecule has 0 aromatic heterocycles. The zero-order valence-electron chi connectivity index (χ0n) is 25.7. The minimum atomic E-state index is -1.03. The SMILES string of the molecule is CN[C@@H](C(=O)N[C@H](C(=O)N(C)[C@H](/C=C(\C)C(=O)O)C(C)C)C(C)(C)C)C(C)(C)c1cccc(-c2ccccc2)c1. The largest absolute Gasteiger partial charge is 0.478 e. The molecule has 7 nitrogen and oxygen atoms in total. The van der Waals surface area contributed by atoms with E-state index in [2.05, 4.69) is 34.9 Å². The molecular weight excluding hydrogens is 502 g/mol. The van der Waals surface area contributed by atoms with E-state index in [-0.39, 0.29) is 23.3 Å². The van der Waals surface area contributed by atoms with Crippen LogP contribution in [0.25, 0.3) is 11.1 Å². The van der Waals surface area contributed by atoms with Crippen molar-refractivity contribution in [3.8, 4) is 11.1 Å². The zero-order valence-corrected chi connectivity index (χ0v) is 25.7. The topological polar surface area (TPSA) is 98.7 Å². The lowest BCUT2D eigenvalue weighted by Gasteiger charge is -2.40. The van der Waals surface area contributed by atoms with Crippen LogP contribution in [0.15, 0.2) is 66.2 Å². The Hall–Kier alpha value is -3.45. The van der Waals surface area contributed by atoms with E-state index in [0.717, 1.165) is 16.7 Å². The number of hydrogen-bond acceptors (Lipinski definition) is 4. The molecule has 2 aromatic rings. The van der Waals surface area contributed by atoms with Gasteiger partial charge in [0.05, 0.1) is 12.1 Å². The van der Waals surface area contributed by atoms with Crippen LogP contribution in [0, 0.1) is 11.3 Å². The standard InChI is InChI=1S/C33H47N3O4/c1-21(2)26(19-22(3)31(39)40)36(10)30(38)28(32(4,5)6)35-29(37)27(34-9)33(7,8)25-18-14-17-24(20-25)23-15-12-11-13-16-23/h11-21,26-28,34H,1-10H3,(H,35,37)(H,39,40)/b22-19+/t26-,27+,28-/m1/s1. The molecule has 2 aromatic carbocycles. The van der Waals surface area contributed by atoms with E-state index in [1.165, 1.54) is 6.92 Å². The maximum Gasteiger partial charge on any atom is 0.331 e. The summed E-state index contributed by atoms with van der Waals surface area (Å²) in [5.41, 5.74) is 2.12. The van der Waals surface area contributed by atoms with E-state index in [1.54, 1.807) is 25.1 Å². The minimum absolute atomic E-state index is 0.0274. The highest BCUT2D eigenvalue weighted by Crippen LogP contribution is 2.32. The fourth-order valence-corrected chi connectivity index (χ4v) is 5.02. The first-order valence-electron chi connectivity index (χ1n) is 13.8. The van der Waals surface area contributed by atoms with Crippen molar-refractivity contribution in [1.82, 2.24) is 15.5 Å². The molecular formula is C33H47N3O4. The first-order chi connectivity index (χ1) is 18.5. The lowest BCUT2D eigenvalue weighted by Crippen LogP contribution is -2.61. The Labute approximate surface area is 240 Å². The van der Waals surface area contributed by atoms with Crippen LogP contribution in [0.2, 0.25) is 0 Å². The molecule has 0 unspecified atom stereocenters. The number of carboxylic acids is 1. The van der Waals surface area contributed by atoms with Crippen molar-refractivity contribution in [1.29, 1.82) is 0 Å². The number of hydrogen-bond donors (Lipinski definition) is 3. The Morgan fingerprint density at radius 3 is 1.98 bits per heavy atom. The van der Waals surface area contributed by atoms with Crippen LogP contribution in [-0.4, -0.2) is 60.0 Å². The van der Waals surface area contributed by atoms with Gasteiger partial charge in [-0.05, 0) is 42.0 Å². The third-order valence-electron chi connectivity index (χ3n) is 7.62. The van der Waals surface area contributed by atoms with Gasteiger partial charge in [0.1, 0.15) is 6.04 Å². The summed E-state index contributed by atoms with van der Waals surface area (Å²) in [6, 6.07) is 16.4. The highest BCUT2D eigenvalue weighted by atomic mass is 16.4. The Morgan fingerprint density at radius 1 is 0.900 bits per heavy atom. The number of carboxylic acid groups (broad SMARTS) is 1. The highest BCUT2D eigenvalue weighted by Gasteiger charge is 2.41. The number of nitrogens with zero attached hydrogens (tertiary/aromatic N) is 1. The molecule has 0 aliphatic heterocycles. The summed E-state index contributed by atoms with van der Waals surface area (Å²) >= 11 is 0. The number of amides is 2. The van der Waals surface area contributed by atoms with Gasteiger partial charge in [-0.15, -0.1) is 0 Å². The number of carbonyl (C=O) groups is 3. The number of aliphatic carboxylic acids is 1. The predicted octanol–water partition coefficient (Wildman–Crippen LogP) is 5.26. The van der Waals surface area contributed by atoms with Gasteiger partial charge in [-0.1, -0.05) is 109 Å². The summed E-state index contributed by atoms with van der Waals surface area (Å²) in [6.07, 6.45) is 1.60. The van der Waals surface area contributed by atoms with Crippen molar-refractivity contribution in [2.45, 2.75) is 78.9 Å². The third kappa shape index (κ3) is 7.81. The summed E-state index contributed by atoms with van der Waals surface area (Å²) in [7, 11) is 3.42. The molecule has 3 atom stereocenters. The molecule has 2 rings (SSSR count). The van der Waals surface area contributed by atoms with E-state index in [4.69, 9.17) is 0 Å². The second kappa shape index (κ2) is 13.3. The Kier molecular flexibility index (Phi) is 10.9. The van der Waals surface area contributed by atoms with E-state index >= 15 is 0 Å². The van der Waals surface area contributed by atoms with Crippen LogP contribution in [0.3, 0.4) is 0 Å². The minimum Gasteiger partial charge on any atom is -0.478 e. The molecule has 40 heavy (non-hydrogen) atoms. The number of nitrogens with one attached hydrogen (secondary N) is 2. The van der Waals surface area contributed by atoms with Crippen molar-refractivity contribution in [3.05, 3.63) is 71.8 Å². The van der Waals surface area contributed by atoms with Gasteiger partial charge in [-0.2, -0.15) is 0 Å². The molecule has 0 spiro atoms. The molecule has 0 bridgehead atoms. The highest BCUT2D eigenvalue weighted by molar-refractivity contribution is 5.91. The normalized spacial score (nSPS) is 14.8. The summed E-state index contributed by atoms with van der Waals surface area (Å²) in [4.78, 5) is 40.8. The molecule has 7 heteroatoms. The van der Waals surface area contributed by atoms with Crippen LogP contribution in [0.4, 0.5) is 0 Å². The molecule has 218 valence electrons. The summed E-state index contributed by atoms with van der Waals surface area (Å²) in [6.45, 7) is 15.2. The third-order valence-corrected chi connectivity index (χ3v) is 7.62. The molecule has 3 N–H and O–H groups in total. The van der Waals surface area contributed by atoms with Gasteiger partial charge in [-0.25, -0.2) is 4.79 Å². The number of benzene rings is 2. The second-order valence-electron chi connectivity index (χ2n) is 12.5. The maximum absolute atomic E-state index is 13.9. The second-order valence-corrected chi connectivity index (χ2v) is 12.5. The molecule has 0 radical (unpaired) electrons. The molecule has 0 saturated carbocycles. The maximum atomic E-state index is 13.9. The van der Waals surface area contributed by atoms with Crippen LogP contribution >= 0.6 is 0 Å². The van der Waals surface area contributed by atoms with Gasteiger partial charge in [0.15, 0.2) is 0 Å². The summed E-state index contributed by atoms with van der Waals surface area (Å²) < 4.78 is 0. The molecule has 2 amide bonds. The molecule has 0 saturated heterocycles. The van der Waals surface area contributed by atoms with Gasteiger partial charge in [-0.3, -0.25) is 9.59 Å². The van der Waals surface area contributed by atoms with Crippen molar-refractivity contribution in [3.63, 3.8) is 0 Å². The van der Waals surface area contributed by atoms with Gasteiger partial charge in [0, 0.05) is 18.0 Å². The number of carbonyl (C=O) groups excluding carboxylic acids is 2. The number of rotatable bonds is 11. The summed E-state index contributed by atoms with van der Waals surface area (Å²) in [5, 5.41) is 15.6. The van der Waals surface area contributed by atoms with E-state index < -0.39 is 34.9 Å². The van der Waals surface area contributed by atoms with Crippen molar-refractivity contribution < 1.29 is 19.5 Å². The van der Waals surface area contributed by atoms with Crippen LogP contribution in [0.1, 0.15) is 61.0 Å². The summed E-state index contributed by atoms with van der Waals surface area (Å²) in [5.74, 6) is -1.60. The van der Waals surface area contributed by atoms with Crippen molar-refractivity contribution >= 4 is 17.8 Å². The van der Waals surface area contributed by atoms with Gasteiger partial charge in [0.2, 0.25) is 11.8 Å².